The number of ether oxygens (including phenoxy) is 1. The van der Waals surface area contributed by atoms with Crippen molar-refractivity contribution in [2.24, 2.45) is 23.7 Å². The van der Waals surface area contributed by atoms with Crippen LogP contribution in [0.15, 0.2) is 34.6 Å². The Kier molecular flexibility index (Phi) is 5.38. The van der Waals surface area contributed by atoms with Crippen molar-refractivity contribution in [1.29, 1.82) is 0 Å². The number of ketones is 1. The molecule has 0 saturated carbocycles. The molecule has 1 spiro atoms. The molecule has 3 aliphatic rings. The van der Waals surface area contributed by atoms with Crippen molar-refractivity contribution < 1.29 is 19.4 Å². The molecule has 1 N–H and O–H groups in total. The molecule has 1 fully saturated rings. The minimum Gasteiger partial charge on any atom is -0.507 e. The predicted octanol–water partition coefficient (Wildman–Crippen LogP) is 5.06. The van der Waals surface area contributed by atoms with Crippen LogP contribution in [0, 0.1) is 23.7 Å². The van der Waals surface area contributed by atoms with E-state index in [1.807, 2.05) is 6.08 Å². The van der Waals surface area contributed by atoms with Gasteiger partial charge in [-0.15, -0.1) is 0 Å². The Morgan fingerprint density at radius 2 is 1.81 bits per heavy atom. The summed E-state index contributed by atoms with van der Waals surface area (Å²) in [6, 6.07) is 0. The van der Waals surface area contributed by atoms with Crippen LogP contribution in [0.4, 0.5) is 0 Å². The molecule has 0 radical (unpaired) electrons. The molecule has 0 unspecified atom stereocenters. The maximum absolute atomic E-state index is 13.4. The lowest BCUT2D eigenvalue weighted by molar-refractivity contribution is -0.158. The molecule has 5 atom stereocenters. The summed E-state index contributed by atoms with van der Waals surface area (Å²) in [5.41, 5.74) is 0.521. The first-order chi connectivity index (χ1) is 12.7. The largest absolute Gasteiger partial charge is 0.507 e. The zero-order valence-corrected chi connectivity index (χ0v) is 17.2. The van der Waals surface area contributed by atoms with Gasteiger partial charge in [-0.05, 0) is 50.0 Å². The quantitative estimate of drug-likeness (QED) is 0.367. The summed E-state index contributed by atoms with van der Waals surface area (Å²) in [6.07, 6.45) is 8.53. The summed E-state index contributed by atoms with van der Waals surface area (Å²) in [5.74, 6) is -0.325. The topological polar surface area (TPSA) is 63.6 Å². The average molecular weight is 373 g/mol. The van der Waals surface area contributed by atoms with E-state index in [1.165, 1.54) is 5.57 Å². The summed E-state index contributed by atoms with van der Waals surface area (Å²) >= 11 is 0. The second-order valence-electron chi connectivity index (χ2n) is 9.05. The van der Waals surface area contributed by atoms with E-state index in [2.05, 4.69) is 33.8 Å². The highest BCUT2D eigenvalue weighted by Gasteiger charge is 2.59. The van der Waals surface area contributed by atoms with Crippen molar-refractivity contribution in [1.82, 2.24) is 0 Å². The number of Topliss-reactive ketones (excluding diaryl/α,β-unsaturated/α-hetero) is 1. The van der Waals surface area contributed by atoms with Gasteiger partial charge in [-0.2, -0.15) is 0 Å². The summed E-state index contributed by atoms with van der Waals surface area (Å²) in [7, 11) is 0. The lowest BCUT2D eigenvalue weighted by Crippen LogP contribution is -2.47. The number of allylic oxidation sites excluding steroid dienone is 3. The molecule has 0 aromatic carbocycles. The monoisotopic (exact) mass is 372 g/mol. The molecule has 1 saturated heterocycles. The van der Waals surface area contributed by atoms with Crippen LogP contribution in [-0.2, 0) is 14.3 Å². The first-order valence-electron chi connectivity index (χ1n) is 10.2. The fourth-order valence-electron chi connectivity index (χ4n) is 5.06. The van der Waals surface area contributed by atoms with Crippen LogP contribution >= 0.6 is 0 Å². The molecular formula is C23H32O4. The van der Waals surface area contributed by atoms with Crippen molar-refractivity contribution >= 4 is 11.8 Å². The highest BCUT2D eigenvalue weighted by Crippen LogP contribution is 2.47. The smallest absolute Gasteiger partial charge is 0.346 e. The molecule has 2 bridgehead atoms. The fourth-order valence-corrected chi connectivity index (χ4v) is 5.06. The van der Waals surface area contributed by atoms with Gasteiger partial charge < -0.3 is 9.84 Å². The SMILES string of the molecule is CC1=C[C@@H]2CCC[C@@H](C)C[C@@H](C)/C=C(C)/C(O)=C3/C(=O)O[C@]2(C[C@@H]1C)C3=O. The van der Waals surface area contributed by atoms with E-state index in [0.29, 0.717) is 17.9 Å². The average Bonchev–Trinajstić information content (AvgIpc) is 2.81. The molecule has 4 nitrogen and oxygen atoms in total. The molecule has 0 aromatic heterocycles. The summed E-state index contributed by atoms with van der Waals surface area (Å²) in [5, 5.41) is 10.7. The van der Waals surface area contributed by atoms with Gasteiger partial charge in [0.05, 0.1) is 0 Å². The molecule has 3 rings (SSSR count). The lowest BCUT2D eigenvalue weighted by Gasteiger charge is -2.39. The van der Waals surface area contributed by atoms with Crippen LogP contribution in [0.3, 0.4) is 0 Å². The number of carbonyl (C=O) groups excluding carboxylic acids is 2. The second-order valence-corrected chi connectivity index (χ2v) is 9.05. The standard InChI is InChI=1S/C23H32O4/c1-13-7-6-8-18-11-15(3)17(5)12-23(18)21(25)19(22(26)27-23)20(24)16(4)10-14(2)9-13/h10-11,13-14,17-18,24H,6-9,12H2,1-5H3/b16-10+,20-19-/t13-,14-,17+,18+,23+/m1/s1. The molecule has 1 aliphatic heterocycles. The van der Waals surface area contributed by atoms with Crippen LogP contribution in [0.25, 0.3) is 0 Å². The summed E-state index contributed by atoms with van der Waals surface area (Å²) in [6.45, 7) is 10.3. The number of hydrogen-bond donors (Lipinski definition) is 1. The third-order valence-corrected chi connectivity index (χ3v) is 6.67. The normalized spacial score (nSPS) is 42.7. The number of rotatable bonds is 0. The summed E-state index contributed by atoms with van der Waals surface area (Å²) in [4.78, 5) is 26.1. The van der Waals surface area contributed by atoms with Gasteiger partial charge in [0.15, 0.2) is 5.60 Å². The van der Waals surface area contributed by atoms with Gasteiger partial charge in [0.25, 0.3) is 0 Å². The Morgan fingerprint density at radius 1 is 1.11 bits per heavy atom. The Balaban J connectivity index is 2.12. The third kappa shape index (κ3) is 3.51. The lowest BCUT2D eigenvalue weighted by atomic mass is 9.68. The van der Waals surface area contributed by atoms with Gasteiger partial charge in [0.2, 0.25) is 5.78 Å². The number of hydrogen-bond acceptors (Lipinski definition) is 4. The van der Waals surface area contributed by atoms with Gasteiger partial charge >= 0.3 is 5.97 Å². The van der Waals surface area contributed by atoms with Gasteiger partial charge in [0.1, 0.15) is 11.3 Å². The van der Waals surface area contributed by atoms with Crippen LogP contribution < -0.4 is 0 Å². The minimum absolute atomic E-state index is 0.120. The Morgan fingerprint density at radius 3 is 2.52 bits per heavy atom. The van der Waals surface area contributed by atoms with Crippen molar-refractivity contribution in [2.45, 2.75) is 72.3 Å². The van der Waals surface area contributed by atoms with E-state index in [0.717, 1.165) is 25.7 Å². The molecule has 27 heavy (non-hydrogen) atoms. The Bertz CT molecular complexity index is 741. The number of esters is 1. The van der Waals surface area contributed by atoms with Crippen molar-refractivity contribution in [3.63, 3.8) is 0 Å². The van der Waals surface area contributed by atoms with Crippen molar-refractivity contribution in [3.8, 4) is 0 Å². The fraction of sp³-hybridized carbons (Fsp3) is 0.652. The molecule has 4 heteroatoms. The highest BCUT2D eigenvalue weighted by atomic mass is 16.6. The van der Waals surface area contributed by atoms with E-state index in [-0.39, 0.29) is 34.9 Å². The predicted molar refractivity (Wildman–Crippen MR) is 105 cm³/mol. The molecule has 0 aromatic rings. The van der Waals surface area contributed by atoms with Crippen LogP contribution in [-0.4, -0.2) is 22.5 Å². The maximum atomic E-state index is 13.4. The number of fused-ring (bicyclic) bond motifs is 1. The van der Waals surface area contributed by atoms with E-state index in [9.17, 15) is 14.7 Å². The third-order valence-electron chi connectivity index (χ3n) is 6.67. The zero-order valence-electron chi connectivity index (χ0n) is 17.2. The van der Waals surface area contributed by atoms with Crippen LogP contribution in [0.5, 0.6) is 0 Å². The maximum Gasteiger partial charge on any atom is 0.346 e. The van der Waals surface area contributed by atoms with Gasteiger partial charge in [-0.25, -0.2) is 4.79 Å². The first-order valence-corrected chi connectivity index (χ1v) is 10.2. The van der Waals surface area contributed by atoms with Crippen LogP contribution in [0.1, 0.15) is 66.7 Å². The molecule has 148 valence electrons. The Labute approximate surface area is 162 Å². The molecular weight excluding hydrogens is 340 g/mol. The number of aliphatic hydroxyl groups excluding tert-OH is 1. The highest BCUT2D eigenvalue weighted by molar-refractivity contribution is 6.26. The Hall–Kier alpha value is -1.84. The van der Waals surface area contributed by atoms with Gasteiger partial charge in [-0.1, -0.05) is 51.3 Å². The second kappa shape index (κ2) is 7.29. The van der Waals surface area contributed by atoms with E-state index in [4.69, 9.17) is 4.74 Å². The molecule has 0 amide bonds. The first kappa shape index (κ1) is 19.9. The van der Waals surface area contributed by atoms with Crippen molar-refractivity contribution in [2.75, 3.05) is 0 Å². The number of aliphatic hydroxyl groups is 1. The van der Waals surface area contributed by atoms with E-state index in [1.54, 1.807) is 6.92 Å². The number of carbonyl (C=O) groups is 2. The summed E-state index contributed by atoms with van der Waals surface area (Å²) < 4.78 is 5.79. The van der Waals surface area contributed by atoms with Crippen LogP contribution in [0.2, 0.25) is 0 Å². The van der Waals surface area contributed by atoms with E-state index < -0.39 is 11.6 Å². The zero-order chi connectivity index (χ0) is 19.9. The van der Waals surface area contributed by atoms with Gasteiger partial charge in [0, 0.05) is 12.3 Å². The van der Waals surface area contributed by atoms with Gasteiger partial charge in [-0.3, -0.25) is 4.79 Å². The molecule has 2 aliphatic carbocycles. The van der Waals surface area contributed by atoms with E-state index >= 15 is 0 Å². The van der Waals surface area contributed by atoms with Crippen molar-refractivity contribution in [3.05, 3.63) is 34.6 Å². The minimum atomic E-state index is -1.15. The molecule has 1 heterocycles.